The highest BCUT2D eigenvalue weighted by Crippen LogP contribution is 2.35. The van der Waals surface area contributed by atoms with Crippen LogP contribution in [-0.2, 0) is 31.4 Å². The summed E-state index contributed by atoms with van der Waals surface area (Å²) in [6.07, 6.45) is 3.16. The molecule has 0 saturated carbocycles. The van der Waals surface area contributed by atoms with Crippen LogP contribution in [0, 0.1) is 0 Å². The number of fused-ring (bicyclic) bond motifs is 1. The molecule has 0 aliphatic carbocycles. The van der Waals surface area contributed by atoms with Crippen LogP contribution in [0.1, 0.15) is 37.3 Å². The largest absolute Gasteiger partial charge is 0.381 e. The second-order valence-corrected chi connectivity index (χ2v) is 9.91. The van der Waals surface area contributed by atoms with Crippen LogP contribution in [0.4, 0.5) is 5.69 Å². The van der Waals surface area contributed by atoms with Crippen molar-refractivity contribution < 1.29 is 17.9 Å². The zero-order valence-electron chi connectivity index (χ0n) is 17.3. The molecule has 0 bridgehead atoms. The lowest BCUT2D eigenvalue weighted by Crippen LogP contribution is -2.44. The molecule has 1 amide bonds. The van der Waals surface area contributed by atoms with Crippen molar-refractivity contribution in [2.75, 3.05) is 31.2 Å². The summed E-state index contributed by atoms with van der Waals surface area (Å²) in [4.78, 5) is 13.8. The number of aryl methyl sites for hydroxylation is 1. The van der Waals surface area contributed by atoms with Gasteiger partial charge >= 0.3 is 0 Å². The molecule has 2 aliphatic heterocycles. The van der Waals surface area contributed by atoms with Gasteiger partial charge in [-0.25, -0.2) is 13.1 Å². The van der Waals surface area contributed by atoms with Crippen molar-refractivity contribution in [2.45, 2.75) is 42.9 Å². The van der Waals surface area contributed by atoms with Gasteiger partial charge in [-0.2, -0.15) is 0 Å². The number of nitrogens with zero attached hydrogens (tertiary/aromatic N) is 1. The van der Waals surface area contributed by atoms with Gasteiger partial charge in [0.05, 0.1) is 4.90 Å². The first-order valence-electron chi connectivity index (χ1n) is 10.5. The van der Waals surface area contributed by atoms with Gasteiger partial charge < -0.3 is 9.64 Å². The Hall–Kier alpha value is -2.22. The van der Waals surface area contributed by atoms with E-state index in [1.165, 1.54) is 6.92 Å². The van der Waals surface area contributed by atoms with Gasteiger partial charge in [-0.1, -0.05) is 30.3 Å². The standard InChI is InChI=1S/C23H28N2O4S/c1-18(26)25-13-5-6-19-16-21(9-10-22(19)25)30(27,28)24-17-23(11-14-29-15-12-23)20-7-3-2-4-8-20/h2-4,7-10,16,24H,5-6,11-15,17H2,1H3. The van der Waals surface area contributed by atoms with Gasteiger partial charge in [-0.3, -0.25) is 4.79 Å². The van der Waals surface area contributed by atoms with Gasteiger partial charge in [0, 0.05) is 44.3 Å². The number of hydrogen-bond donors (Lipinski definition) is 1. The van der Waals surface area contributed by atoms with E-state index in [4.69, 9.17) is 4.74 Å². The first-order chi connectivity index (χ1) is 14.4. The molecule has 1 saturated heterocycles. The van der Waals surface area contributed by atoms with Crippen LogP contribution in [0.5, 0.6) is 0 Å². The molecule has 0 aromatic heterocycles. The highest BCUT2D eigenvalue weighted by molar-refractivity contribution is 7.89. The fourth-order valence-corrected chi connectivity index (χ4v) is 5.68. The van der Waals surface area contributed by atoms with Crippen molar-refractivity contribution in [1.82, 2.24) is 4.72 Å². The monoisotopic (exact) mass is 428 g/mol. The van der Waals surface area contributed by atoms with Crippen LogP contribution in [0.25, 0.3) is 0 Å². The quantitative estimate of drug-likeness (QED) is 0.794. The van der Waals surface area contributed by atoms with Crippen molar-refractivity contribution >= 4 is 21.6 Å². The molecule has 0 spiro atoms. The summed E-state index contributed by atoms with van der Waals surface area (Å²) in [5.41, 5.74) is 2.59. The number of anilines is 1. The van der Waals surface area contributed by atoms with E-state index in [-0.39, 0.29) is 16.2 Å². The molecule has 2 heterocycles. The topological polar surface area (TPSA) is 75.7 Å². The molecule has 1 N–H and O–H groups in total. The van der Waals surface area contributed by atoms with E-state index < -0.39 is 10.0 Å². The number of carbonyl (C=O) groups excluding carboxylic acids is 1. The summed E-state index contributed by atoms with van der Waals surface area (Å²) in [6, 6.07) is 15.2. The Morgan fingerprint density at radius 1 is 1.13 bits per heavy atom. The van der Waals surface area contributed by atoms with Gasteiger partial charge in [0.15, 0.2) is 0 Å². The third kappa shape index (κ3) is 4.15. The van der Waals surface area contributed by atoms with Crippen molar-refractivity contribution in [3.63, 3.8) is 0 Å². The molecular formula is C23H28N2O4S. The molecule has 2 aromatic carbocycles. The lowest BCUT2D eigenvalue weighted by Gasteiger charge is -2.38. The van der Waals surface area contributed by atoms with Gasteiger partial charge in [-0.15, -0.1) is 0 Å². The Morgan fingerprint density at radius 2 is 1.87 bits per heavy atom. The van der Waals surface area contributed by atoms with E-state index >= 15 is 0 Å². The zero-order valence-corrected chi connectivity index (χ0v) is 18.1. The minimum Gasteiger partial charge on any atom is -0.381 e. The molecule has 4 rings (SSSR count). The Kier molecular flexibility index (Phi) is 5.95. The van der Waals surface area contributed by atoms with Crippen LogP contribution in [-0.4, -0.2) is 40.6 Å². The summed E-state index contributed by atoms with van der Waals surface area (Å²) in [5.74, 6) is -0.0194. The minimum absolute atomic E-state index is 0.0194. The van der Waals surface area contributed by atoms with E-state index in [1.807, 2.05) is 18.2 Å². The van der Waals surface area contributed by atoms with E-state index in [1.54, 1.807) is 23.1 Å². The van der Waals surface area contributed by atoms with E-state index in [0.29, 0.717) is 26.3 Å². The van der Waals surface area contributed by atoms with Crippen LogP contribution in [0.15, 0.2) is 53.4 Å². The van der Waals surface area contributed by atoms with Crippen LogP contribution in [0.2, 0.25) is 0 Å². The van der Waals surface area contributed by atoms with E-state index in [0.717, 1.165) is 42.5 Å². The smallest absolute Gasteiger partial charge is 0.240 e. The van der Waals surface area contributed by atoms with Crippen molar-refractivity contribution in [3.8, 4) is 0 Å². The molecule has 2 aromatic rings. The molecule has 6 nitrogen and oxygen atoms in total. The second-order valence-electron chi connectivity index (χ2n) is 8.15. The average Bonchev–Trinajstić information content (AvgIpc) is 2.78. The molecular weight excluding hydrogens is 400 g/mol. The summed E-state index contributed by atoms with van der Waals surface area (Å²) in [6.45, 7) is 3.79. The molecule has 1 fully saturated rings. The van der Waals surface area contributed by atoms with Gasteiger partial charge in [-0.05, 0) is 55.0 Å². The molecule has 0 unspecified atom stereocenters. The predicted molar refractivity (Wildman–Crippen MR) is 116 cm³/mol. The molecule has 0 atom stereocenters. The Labute approximate surface area is 178 Å². The lowest BCUT2D eigenvalue weighted by molar-refractivity contribution is -0.116. The maximum Gasteiger partial charge on any atom is 0.240 e. The van der Waals surface area contributed by atoms with Crippen LogP contribution in [0.3, 0.4) is 0 Å². The number of amides is 1. The number of nitrogens with one attached hydrogen (secondary N) is 1. The minimum atomic E-state index is -3.67. The second kappa shape index (κ2) is 8.49. The fourth-order valence-electron chi connectivity index (χ4n) is 4.51. The Bertz CT molecular complexity index is 1010. The van der Waals surface area contributed by atoms with Crippen LogP contribution >= 0.6 is 0 Å². The van der Waals surface area contributed by atoms with Gasteiger partial charge in [0.1, 0.15) is 0 Å². The summed E-state index contributed by atoms with van der Waals surface area (Å²) in [7, 11) is -3.67. The highest BCUT2D eigenvalue weighted by atomic mass is 32.2. The van der Waals surface area contributed by atoms with Gasteiger partial charge in [0.2, 0.25) is 15.9 Å². The van der Waals surface area contributed by atoms with Crippen molar-refractivity contribution in [1.29, 1.82) is 0 Å². The lowest BCUT2D eigenvalue weighted by atomic mass is 9.74. The maximum absolute atomic E-state index is 13.1. The average molecular weight is 429 g/mol. The third-order valence-corrected chi connectivity index (χ3v) is 7.70. The van der Waals surface area contributed by atoms with Crippen molar-refractivity contribution in [2.24, 2.45) is 0 Å². The Morgan fingerprint density at radius 3 is 2.57 bits per heavy atom. The highest BCUT2D eigenvalue weighted by Gasteiger charge is 2.36. The number of hydrogen-bond acceptors (Lipinski definition) is 4. The number of benzene rings is 2. The van der Waals surface area contributed by atoms with E-state index in [2.05, 4.69) is 16.9 Å². The normalized spacial score (nSPS) is 18.6. The maximum atomic E-state index is 13.1. The SMILES string of the molecule is CC(=O)N1CCCc2cc(S(=O)(=O)NCC3(c4ccccc4)CCOCC3)ccc21. The first-order valence-corrected chi connectivity index (χ1v) is 11.9. The molecule has 7 heteroatoms. The van der Waals surface area contributed by atoms with Crippen LogP contribution < -0.4 is 9.62 Å². The number of rotatable bonds is 5. The third-order valence-electron chi connectivity index (χ3n) is 6.30. The van der Waals surface area contributed by atoms with E-state index in [9.17, 15) is 13.2 Å². The predicted octanol–water partition coefficient (Wildman–Crippen LogP) is 3.01. The number of carbonyl (C=O) groups is 1. The van der Waals surface area contributed by atoms with Crippen molar-refractivity contribution in [3.05, 3.63) is 59.7 Å². The zero-order chi connectivity index (χ0) is 21.2. The molecule has 30 heavy (non-hydrogen) atoms. The molecule has 2 aliphatic rings. The first kappa shape index (κ1) is 21.0. The van der Waals surface area contributed by atoms with Gasteiger partial charge in [0.25, 0.3) is 0 Å². The number of ether oxygens (including phenoxy) is 1. The summed E-state index contributed by atoms with van der Waals surface area (Å²) < 4.78 is 34.7. The molecule has 160 valence electrons. The fraction of sp³-hybridized carbons (Fsp3) is 0.435. The summed E-state index contributed by atoms with van der Waals surface area (Å²) in [5, 5.41) is 0. The molecule has 0 radical (unpaired) electrons. The summed E-state index contributed by atoms with van der Waals surface area (Å²) >= 11 is 0. The Balaban J connectivity index is 1.58. The number of sulfonamides is 1.